The van der Waals surface area contributed by atoms with Gasteiger partial charge in [0.15, 0.2) is 0 Å². The first-order valence-corrected chi connectivity index (χ1v) is 9.50. The monoisotopic (exact) mass is 357 g/mol. The molecule has 0 bridgehead atoms. The van der Waals surface area contributed by atoms with E-state index < -0.39 is 0 Å². The van der Waals surface area contributed by atoms with Crippen molar-refractivity contribution >= 4 is 11.4 Å². The SMILES string of the molecule is N#Cc1ccc(-c2ccc(CNc3ccc(N4CCCCC4)cc3)o2)cc1. The molecule has 0 aliphatic carbocycles. The number of benzene rings is 2. The standard InChI is InChI=1S/C23H23N3O/c24-16-18-4-6-19(7-5-18)23-13-12-22(27-23)17-25-20-8-10-21(11-9-20)26-14-2-1-3-15-26/h4-13,25H,1-3,14-15,17H2. The maximum atomic E-state index is 8.89. The van der Waals surface area contributed by atoms with Crippen molar-refractivity contribution in [3.8, 4) is 17.4 Å². The zero-order valence-electron chi connectivity index (χ0n) is 15.3. The summed E-state index contributed by atoms with van der Waals surface area (Å²) in [7, 11) is 0. The van der Waals surface area contributed by atoms with E-state index in [1.54, 1.807) is 12.1 Å². The number of furan rings is 1. The molecule has 0 radical (unpaired) electrons. The molecule has 3 aromatic rings. The Morgan fingerprint density at radius 3 is 2.33 bits per heavy atom. The van der Waals surface area contributed by atoms with Crippen LogP contribution in [-0.4, -0.2) is 13.1 Å². The first kappa shape index (κ1) is 17.2. The van der Waals surface area contributed by atoms with Gasteiger partial charge in [-0.3, -0.25) is 0 Å². The number of anilines is 2. The van der Waals surface area contributed by atoms with E-state index >= 15 is 0 Å². The molecule has 1 aliphatic rings. The van der Waals surface area contributed by atoms with E-state index in [9.17, 15) is 0 Å². The highest BCUT2D eigenvalue weighted by Crippen LogP contribution is 2.24. The lowest BCUT2D eigenvalue weighted by Crippen LogP contribution is -2.29. The first-order chi connectivity index (χ1) is 13.3. The molecule has 1 aromatic heterocycles. The summed E-state index contributed by atoms with van der Waals surface area (Å²) in [6, 6.07) is 22.2. The molecule has 0 amide bonds. The van der Waals surface area contributed by atoms with Gasteiger partial charge in [-0.05, 0) is 79.9 Å². The van der Waals surface area contributed by atoms with E-state index in [4.69, 9.17) is 9.68 Å². The van der Waals surface area contributed by atoms with E-state index in [2.05, 4.69) is 40.6 Å². The summed E-state index contributed by atoms with van der Waals surface area (Å²) >= 11 is 0. The van der Waals surface area contributed by atoms with Crippen LogP contribution in [0.1, 0.15) is 30.6 Å². The van der Waals surface area contributed by atoms with Crippen LogP contribution in [0.3, 0.4) is 0 Å². The van der Waals surface area contributed by atoms with Gasteiger partial charge in [-0.1, -0.05) is 0 Å². The topological polar surface area (TPSA) is 52.2 Å². The Morgan fingerprint density at radius 1 is 0.889 bits per heavy atom. The summed E-state index contributed by atoms with van der Waals surface area (Å²) in [4.78, 5) is 2.46. The average Bonchev–Trinajstić information content (AvgIpc) is 3.22. The molecular formula is C23H23N3O. The number of rotatable bonds is 5. The third-order valence-electron chi connectivity index (χ3n) is 5.02. The molecule has 1 fully saturated rings. The predicted molar refractivity (Wildman–Crippen MR) is 109 cm³/mol. The molecule has 1 aliphatic heterocycles. The Balaban J connectivity index is 1.36. The van der Waals surface area contributed by atoms with E-state index in [0.717, 1.165) is 35.9 Å². The third kappa shape index (κ3) is 4.15. The highest BCUT2D eigenvalue weighted by Gasteiger charge is 2.10. The second-order valence-corrected chi connectivity index (χ2v) is 6.90. The van der Waals surface area contributed by atoms with Gasteiger partial charge in [0, 0.05) is 30.0 Å². The molecule has 0 unspecified atom stereocenters. The van der Waals surface area contributed by atoms with Crippen LogP contribution in [-0.2, 0) is 6.54 Å². The van der Waals surface area contributed by atoms with Crippen LogP contribution in [0.2, 0.25) is 0 Å². The molecule has 4 nitrogen and oxygen atoms in total. The molecule has 4 heteroatoms. The number of nitrogens with zero attached hydrogens (tertiary/aromatic N) is 2. The van der Waals surface area contributed by atoms with E-state index in [1.807, 2.05) is 24.3 Å². The van der Waals surface area contributed by atoms with Crippen molar-refractivity contribution < 1.29 is 4.42 Å². The Morgan fingerprint density at radius 2 is 1.63 bits per heavy atom. The molecule has 1 N–H and O–H groups in total. The van der Waals surface area contributed by atoms with Gasteiger partial charge in [0.25, 0.3) is 0 Å². The van der Waals surface area contributed by atoms with Crippen molar-refractivity contribution in [3.05, 3.63) is 72.0 Å². The van der Waals surface area contributed by atoms with Gasteiger partial charge in [0.2, 0.25) is 0 Å². The highest BCUT2D eigenvalue weighted by molar-refractivity contribution is 5.59. The van der Waals surface area contributed by atoms with Crippen LogP contribution >= 0.6 is 0 Å². The van der Waals surface area contributed by atoms with Gasteiger partial charge in [-0.15, -0.1) is 0 Å². The minimum Gasteiger partial charge on any atom is -0.459 e. The largest absolute Gasteiger partial charge is 0.459 e. The first-order valence-electron chi connectivity index (χ1n) is 9.50. The summed E-state index contributed by atoms with van der Waals surface area (Å²) in [5.74, 6) is 1.70. The fourth-order valence-electron chi connectivity index (χ4n) is 3.47. The molecule has 27 heavy (non-hydrogen) atoms. The Bertz CT molecular complexity index is 914. The fraction of sp³-hybridized carbons (Fsp3) is 0.261. The van der Waals surface area contributed by atoms with Gasteiger partial charge in [-0.25, -0.2) is 0 Å². The summed E-state index contributed by atoms with van der Waals surface area (Å²) in [5.41, 5.74) is 4.03. The second kappa shape index (κ2) is 8.01. The Kier molecular flexibility index (Phi) is 5.11. The van der Waals surface area contributed by atoms with Gasteiger partial charge < -0.3 is 14.6 Å². The van der Waals surface area contributed by atoms with Crippen LogP contribution in [0.25, 0.3) is 11.3 Å². The van der Waals surface area contributed by atoms with Gasteiger partial charge in [-0.2, -0.15) is 5.26 Å². The second-order valence-electron chi connectivity index (χ2n) is 6.90. The summed E-state index contributed by atoms with van der Waals surface area (Å²) in [6.07, 6.45) is 3.93. The van der Waals surface area contributed by atoms with E-state index in [1.165, 1.54) is 24.9 Å². The molecule has 0 saturated carbocycles. The number of nitriles is 1. The number of piperidine rings is 1. The maximum Gasteiger partial charge on any atom is 0.134 e. The Hall–Kier alpha value is -3.19. The molecular weight excluding hydrogens is 334 g/mol. The van der Waals surface area contributed by atoms with Gasteiger partial charge in [0.1, 0.15) is 11.5 Å². The molecule has 1 saturated heterocycles. The zero-order valence-corrected chi connectivity index (χ0v) is 15.3. The molecule has 2 heterocycles. The van der Waals surface area contributed by atoms with Crippen molar-refractivity contribution in [2.75, 3.05) is 23.3 Å². The van der Waals surface area contributed by atoms with Crippen molar-refractivity contribution in [3.63, 3.8) is 0 Å². The van der Waals surface area contributed by atoms with Crippen LogP contribution in [0.4, 0.5) is 11.4 Å². The lowest BCUT2D eigenvalue weighted by molar-refractivity contribution is 0.531. The predicted octanol–water partition coefficient (Wildman–Crippen LogP) is 5.42. The number of nitrogens with one attached hydrogen (secondary N) is 1. The molecule has 0 atom stereocenters. The van der Waals surface area contributed by atoms with Crippen LogP contribution in [0.5, 0.6) is 0 Å². The molecule has 0 spiro atoms. The summed E-state index contributed by atoms with van der Waals surface area (Å²) in [6.45, 7) is 2.97. The molecule has 136 valence electrons. The normalized spacial score (nSPS) is 14.0. The zero-order chi connectivity index (χ0) is 18.5. The van der Waals surface area contributed by atoms with Crippen LogP contribution in [0, 0.1) is 11.3 Å². The van der Waals surface area contributed by atoms with Crippen molar-refractivity contribution in [1.29, 1.82) is 5.26 Å². The number of hydrogen-bond donors (Lipinski definition) is 1. The Labute approximate surface area is 160 Å². The fourth-order valence-corrected chi connectivity index (χ4v) is 3.47. The lowest BCUT2D eigenvalue weighted by Gasteiger charge is -2.28. The van der Waals surface area contributed by atoms with Crippen LogP contribution < -0.4 is 10.2 Å². The minimum absolute atomic E-state index is 0.638. The van der Waals surface area contributed by atoms with E-state index in [0.29, 0.717) is 12.1 Å². The van der Waals surface area contributed by atoms with Crippen LogP contribution in [0.15, 0.2) is 65.1 Å². The third-order valence-corrected chi connectivity index (χ3v) is 5.02. The maximum absolute atomic E-state index is 8.89. The van der Waals surface area contributed by atoms with Crippen molar-refractivity contribution in [2.45, 2.75) is 25.8 Å². The summed E-state index contributed by atoms with van der Waals surface area (Å²) < 4.78 is 5.93. The summed E-state index contributed by atoms with van der Waals surface area (Å²) in [5, 5.41) is 12.3. The van der Waals surface area contributed by atoms with Gasteiger partial charge >= 0.3 is 0 Å². The van der Waals surface area contributed by atoms with Crippen molar-refractivity contribution in [2.24, 2.45) is 0 Å². The van der Waals surface area contributed by atoms with Gasteiger partial charge in [0.05, 0.1) is 18.2 Å². The molecule has 2 aromatic carbocycles. The van der Waals surface area contributed by atoms with E-state index in [-0.39, 0.29) is 0 Å². The number of hydrogen-bond acceptors (Lipinski definition) is 4. The molecule has 4 rings (SSSR count). The smallest absolute Gasteiger partial charge is 0.134 e. The minimum atomic E-state index is 0.638. The quantitative estimate of drug-likeness (QED) is 0.662. The highest BCUT2D eigenvalue weighted by atomic mass is 16.3. The average molecular weight is 357 g/mol. The van der Waals surface area contributed by atoms with Crippen molar-refractivity contribution in [1.82, 2.24) is 0 Å². The lowest BCUT2D eigenvalue weighted by atomic mass is 10.1.